The van der Waals surface area contributed by atoms with Gasteiger partial charge in [-0.05, 0) is 29.7 Å². The van der Waals surface area contributed by atoms with Crippen molar-refractivity contribution in [1.29, 1.82) is 0 Å². The summed E-state index contributed by atoms with van der Waals surface area (Å²) in [6.07, 6.45) is 2.60. The maximum absolute atomic E-state index is 12.7. The van der Waals surface area contributed by atoms with Crippen LogP contribution in [-0.4, -0.2) is 22.3 Å². The van der Waals surface area contributed by atoms with Crippen molar-refractivity contribution < 1.29 is 4.79 Å². The van der Waals surface area contributed by atoms with Gasteiger partial charge in [0.2, 0.25) is 0 Å². The molecule has 1 aliphatic rings. The molecule has 2 heterocycles. The van der Waals surface area contributed by atoms with Gasteiger partial charge in [0.05, 0.1) is 11.3 Å². The minimum atomic E-state index is 0.0524. The van der Waals surface area contributed by atoms with E-state index in [1.165, 1.54) is 11.1 Å². The summed E-state index contributed by atoms with van der Waals surface area (Å²) in [5, 5.41) is 0. The molecule has 1 aliphatic heterocycles. The molecule has 118 valence electrons. The van der Waals surface area contributed by atoms with Crippen molar-refractivity contribution >= 4 is 5.91 Å². The van der Waals surface area contributed by atoms with E-state index in [9.17, 15) is 4.79 Å². The summed E-state index contributed by atoms with van der Waals surface area (Å²) in [5.74, 6) is 0.0524. The Hall–Kier alpha value is -2.94. The van der Waals surface area contributed by atoms with Crippen LogP contribution in [0.2, 0.25) is 0 Å². The van der Waals surface area contributed by atoms with Crippen LogP contribution in [0.25, 0.3) is 11.3 Å². The van der Waals surface area contributed by atoms with Crippen LogP contribution in [0.15, 0.2) is 72.9 Å². The van der Waals surface area contributed by atoms with Crippen LogP contribution < -0.4 is 0 Å². The minimum absolute atomic E-state index is 0.0524. The fourth-order valence-corrected chi connectivity index (χ4v) is 3.15. The molecule has 1 aromatic heterocycles. The van der Waals surface area contributed by atoms with Crippen LogP contribution in [0.4, 0.5) is 0 Å². The zero-order chi connectivity index (χ0) is 16.4. The molecule has 2 aromatic carbocycles. The standard InChI is InChI=1S/C21H18N2O/c24-21(23-13-12-16-6-4-5-9-19(16)15-23)18-10-11-20(22-14-18)17-7-2-1-3-8-17/h1-11,14H,12-13,15H2. The first-order chi connectivity index (χ1) is 11.8. The number of fused-ring (bicyclic) bond motifs is 1. The highest BCUT2D eigenvalue weighted by atomic mass is 16.2. The molecule has 0 saturated heterocycles. The van der Waals surface area contributed by atoms with Crippen LogP contribution >= 0.6 is 0 Å². The lowest BCUT2D eigenvalue weighted by Gasteiger charge is -2.28. The van der Waals surface area contributed by atoms with Crippen LogP contribution in [0.5, 0.6) is 0 Å². The number of rotatable bonds is 2. The first-order valence-electron chi connectivity index (χ1n) is 8.19. The number of aromatic nitrogens is 1. The quantitative estimate of drug-likeness (QED) is 0.717. The molecule has 3 aromatic rings. The molecule has 0 spiro atoms. The molecule has 0 unspecified atom stereocenters. The van der Waals surface area contributed by atoms with Crippen molar-refractivity contribution in [3.8, 4) is 11.3 Å². The number of hydrogen-bond donors (Lipinski definition) is 0. The Morgan fingerprint density at radius 2 is 1.62 bits per heavy atom. The van der Waals surface area contributed by atoms with Gasteiger partial charge in [0, 0.05) is 24.8 Å². The van der Waals surface area contributed by atoms with Gasteiger partial charge in [-0.15, -0.1) is 0 Å². The van der Waals surface area contributed by atoms with Gasteiger partial charge in [0.25, 0.3) is 5.91 Å². The van der Waals surface area contributed by atoms with E-state index >= 15 is 0 Å². The van der Waals surface area contributed by atoms with E-state index in [0.717, 1.165) is 24.2 Å². The summed E-state index contributed by atoms with van der Waals surface area (Å²) in [6, 6.07) is 22.1. The van der Waals surface area contributed by atoms with Crippen LogP contribution in [0.3, 0.4) is 0 Å². The van der Waals surface area contributed by atoms with E-state index in [1.807, 2.05) is 53.4 Å². The lowest BCUT2D eigenvalue weighted by atomic mass is 9.99. The number of pyridine rings is 1. The molecule has 4 rings (SSSR count). The fraction of sp³-hybridized carbons (Fsp3) is 0.143. The van der Waals surface area contributed by atoms with E-state index in [-0.39, 0.29) is 5.91 Å². The summed E-state index contributed by atoms with van der Waals surface area (Å²) in [6.45, 7) is 1.44. The number of carbonyl (C=O) groups excluding carboxylic acids is 1. The maximum atomic E-state index is 12.7. The van der Waals surface area contributed by atoms with Crippen molar-refractivity contribution in [3.63, 3.8) is 0 Å². The minimum Gasteiger partial charge on any atom is -0.334 e. The average Bonchev–Trinajstić information content (AvgIpc) is 2.68. The largest absolute Gasteiger partial charge is 0.334 e. The molecule has 24 heavy (non-hydrogen) atoms. The number of benzene rings is 2. The SMILES string of the molecule is O=C(c1ccc(-c2ccccc2)nc1)N1CCc2ccccc2C1. The number of amides is 1. The molecule has 3 heteroatoms. The molecule has 1 amide bonds. The summed E-state index contributed by atoms with van der Waals surface area (Å²) < 4.78 is 0. The first kappa shape index (κ1) is 14.6. The van der Waals surface area contributed by atoms with Gasteiger partial charge in [-0.1, -0.05) is 54.6 Å². The van der Waals surface area contributed by atoms with E-state index in [0.29, 0.717) is 12.1 Å². The molecule has 0 atom stereocenters. The topological polar surface area (TPSA) is 33.2 Å². The second kappa shape index (κ2) is 6.28. The Morgan fingerprint density at radius 3 is 2.38 bits per heavy atom. The Labute approximate surface area is 141 Å². The lowest BCUT2D eigenvalue weighted by Crippen LogP contribution is -2.35. The van der Waals surface area contributed by atoms with Crippen molar-refractivity contribution in [3.05, 3.63) is 89.6 Å². The average molecular weight is 314 g/mol. The number of hydrogen-bond acceptors (Lipinski definition) is 2. The van der Waals surface area contributed by atoms with Gasteiger partial charge in [0.1, 0.15) is 0 Å². The van der Waals surface area contributed by atoms with Gasteiger partial charge < -0.3 is 4.90 Å². The fourth-order valence-electron chi connectivity index (χ4n) is 3.15. The normalized spacial score (nSPS) is 13.4. The second-order valence-corrected chi connectivity index (χ2v) is 6.04. The van der Waals surface area contributed by atoms with Gasteiger partial charge in [-0.3, -0.25) is 9.78 Å². The van der Waals surface area contributed by atoms with Crippen molar-refractivity contribution in [1.82, 2.24) is 9.88 Å². The van der Waals surface area contributed by atoms with Crippen molar-refractivity contribution in [2.24, 2.45) is 0 Å². The smallest absolute Gasteiger partial charge is 0.255 e. The van der Waals surface area contributed by atoms with Gasteiger partial charge >= 0.3 is 0 Å². The predicted molar refractivity (Wildman–Crippen MR) is 94.6 cm³/mol. The third-order valence-electron chi connectivity index (χ3n) is 4.50. The summed E-state index contributed by atoms with van der Waals surface area (Å²) in [4.78, 5) is 19.1. The zero-order valence-corrected chi connectivity index (χ0v) is 13.4. The van der Waals surface area contributed by atoms with Crippen LogP contribution in [-0.2, 0) is 13.0 Å². The predicted octanol–water partition coefficient (Wildman–Crippen LogP) is 3.95. The highest BCUT2D eigenvalue weighted by molar-refractivity contribution is 5.94. The van der Waals surface area contributed by atoms with Gasteiger partial charge in [-0.2, -0.15) is 0 Å². The van der Waals surface area contributed by atoms with E-state index in [1.54, 1.807) is 6.20 Å². The molecule has 0 fully saturated rings. The summed E-state index contributed by atoms with van der Waals surface area (Å²) in [7, 11) is 0. The Balaban J connectivity index is 1.53. The maximum Gasteiger partial charge on any atom is 0.255 e. The summed E-state index contributed by atoms with van der Waals surface area (Å²) in [5.41, 5.74) is 5.18. The number of carbonyl (C=O) groups is 1. The molecule has 0 saturated carbocycles. The first-order valence-corrected chi connectivity index (χ1v) is 8.19. The third kappa shape index (κ3) is 2.81. The Morgan fingerprint density at radius 1 is 0.875 bits per heavy atom. The van der Waals surface area contributed by atoms with Crippen molar-refractivity contribution in [2.45, 2.75) is 13.0 Å². The van der Waals surface area contributed by atoms with Gasteiger partial charge in [-0.25, -0.2) is 0 Å². The number of nitrogens with zero attached hydrogens (tertiary/aromatic N) is 2. The Bertz CT molecular complexity index is 857. The van der Waals surface area contributed by atoms with Crippen LogP contribution in [0.1, 0.15) is 21.5 Å². The molecule has 0 N–H and O–H groups in total. The lowest BCUT2D eigenvalue weighted by molar-refractivity contribution is 0.0734. The van der Waals surface area contributed by atoms with E-state index in [2.05, 4.69) is 23.2 Å². The molecular formula is C21H18N2O. The third-order valence-corrected chi connectivity index (χ3v) is 4.50. The highest BCUT2D eigenvalue weighted by Gasteiger charge is 2.21. The van der Waals surface area contributed by atoms with E-state index < -0.39 is 0 Å². The zero-order valence-electron chi connectivity index (χ0n) is 13.4. The van der Waals surface area contributed by atoms with Gasteiger partial charge in [0.15, 0.2) is 0 Å². The second-order valence-electron chi connectivity index (χ2n) is 6.04. The molecule has 0 radical (unpaired) electrons. The monoisotopic (exact) mass is 314 g/mol. The molecule has 0 aliphatic carbocycles. The van der Waals surface area contributed by atoms with Crippen molar-refractivity contribution in [2.75, 3.05) is 6.54 Å². The van der Waals surface area contributed by atoms with Crippen LogP contribution in [0, 0.1) is 0 Å². The molecule has 3 nitrogen and oxygen atoms in total. The molecular weight excluding hydrogens is 296 g/mol. The van der Waals surface area contributed by atoms with E-state index in [4.69, 9.17) is 0 Å². The molecule has 0 bridgehead atoms. The highest BCUT2D eigenvalue weighted by Crippen LogP contribution is 2.21. The Kier molecular flexibility index (Phi) is 3.83. The summed E-state index contributed by atoms with van der Waals surface area (Å²) >= 11 is 0.